The maximum absolute atomic E-state index is 15.0. The minimum atomic E-state index is -4.19. The van der Waals surface area contributed by atoms with Gasteiger partial charge >= 0.3 is 0 Å². The lowest BCUT2D eigenvalue weighted by Gasteiger charge is -2.24. The van der Waals surface area contributed by atoms with E-state index >= 15 is 8.42 Å². The molecule has 0 aliphatic carbocycles. The van der Waals surface area contributed by atoms with E-state index in [-0.39, 0.29) is 23.8 Å². The lowest BCUT2D eigenvalue weighted by molar-refractivity contribution is 0.397. The highest BCUT2D eigenvalue weighted by Gasteiger charge is 2.31. The van der Waals surface area contributed by atoms with Crippen LogP contribution in [0.3, 0.4) is 0 Å². The van der Waals surface area contributed by atoms with Crippen LogP contribution in [0.5, 0.6) is 17.2 Å². The molecule has 0 fully saturated rings. The topological polar surface area (TPSA) is 148 Å². The summed E-state index contributed by atoms with van der Waals surface area (Å²) in [7, 11) is 0.600. The number of pyridine rings is 1. The average Bonchev–Trinajstić information content (AvgIpc) is 3.61. The number of ether oxygens (including phenoxy) is 3. The number of anilines is 1. The largest absolute Gasteiger partial charge is 0.497 e. The Morgan fingerprint density at radius 3 is 1.82 bits per heavy atom. The first-order valence-electron chi connectivity index (χ1n) is 16.2. The number of rotatable bonds is 14. The Labute approximate surface area is 297 Å². The molecule has 0 saturated carbocycles. The number of nitrogen functional groups attached to an aromatic ring is 1. The SMILES string of the molecule is COc1ccc(CN(Cc2ccc(OC)cc2)S(=O)(=O)c2cccc(Cc3cnc(N)cc3C)c2-c2nnn(Cc3ccc(OC)cc3)n2)cc1. The fraction of sp³-hybridized carbons (Fsp3) is 0.211. The highest BCUT2D eigenvalue weighted by Crippen LogP contribution is 2.34. The molecule has 6 rings (SSSR count). The first-order chi connectivity index (χ1) is 24.7. The van der Waals surface area contributed by atoms with E-state index in [4.69, 9.17) is 25.0 Å². The first kappa shape index (κ1) is 35.1. The molecule has 12 nitrogen and oxygen atoms in total. The Kier molecular flexibility index (Phi) is 10.6. The average molecular weight is 706 g/mol. The van der Waals surface area contributed by atoms with E-state index in [1.165, 1.54) is 9.10 Å². The summed E-state index contributed by atoms with van der Waals surface area (Å²) in [4.78, 5) is 5.81. The van der Waals surface area contributed by atoms with Crippen LogP contribution in [0.25, 0.3) is 11.4 Å². The number of nitrogens with two attached hydrogens (primary N) is 1. The van der Waals surface area contributed by atoms with Crippen molar-refractivity contribution in [2.24, 2.45) is 0 Å². The fourth-order valence-corrected chi connectivity index (χ4v) is 7.37. The summed E-state index contributed by atoms with van der Waals surface area (Å²) < 4.78 is 47.4. The van der Waals surface area contributed by atoms with E-state index in [1.54, 1.807) is 45.7 Å². The number of hydrogen-bond donors (Lipinski definition) is 1. The molecule has 4 aromatic carbocycles. The van der Waals surface area contributed by atoms with Gasteiger partial charge in [-0.25, -0.2) is 13.4 Å². The van der Waals surface area contributed by atoms with Gasteiger partial charge < -0.3 is 19.9 Å². The second kappa shape index (κ2) is 15.4. The predicted molar refractivity (Wildman–Crippen MR) is 194 cm³/mol. The van der Waals surface area contributed by atoms with Crippen LogP contribution in [0.4, 0.5) is 5.82 Å². The molecule has 2 N–H and O–H groups in total. The fourth-order valence-electron chi connectivity index (χ4n) is 5.73. The van der Waals surface area contributed by atoms with Crippen LogP contribution >= 0.6 is 0 Å². The van der Waals surface area contributed by atoms with Gasteiger partial charge in [0.05, 0.1) is 32.8 Å². The van der Waals surface area contributed by atoms with Gasteiger partial charge in [0.25, 0.3) is 0 Å². The first-order valence-corrected chi connectivity index (χ1v) is 17.6. The molecular formula is C38H39N7O5S. The van der Waals surface area contributed by atoms with E-state index in [0.29, 0.717) is 41.4 Å². The third kappa shape index (κ3) is 8.17. The van der Waals surface area contributed by atoms with E-state index in [1.807, 2.05) is 85.8 Å². The predicted octanol–water partition coefficient (Wildman–Crippen LogP) is 5.68. The van der Waals surface area contributed by atoms with E-state index in [9.17, 15) is 0 Å². The normalized spacial score (nSPS) is 11.5. The number of tetrazole rings is 1. The number of nitrogens with zero attached hydrogens (tertiary/aromatic N) is 6. The molecule has 0 aliphatic heterocycles. The van der Waals surface area contributed by atoms with Crippen LogP contribution in [-0.2, 0) is 36.1 Å². The van der Waals surface area contributed by atoms with Gasteiger partial charge in [0.15, 0.2) is 0 Å². The number of sulfonamides is 1. The van der Waals surface area contributed by atoms with Crippen LogP contribution < -0.4 is 19.9 Å². The third-order valence-corrected chi connectivity index (χ3v) is 10.4. The van der Waals surface area contributed by atoms with Crippen molar-refractivity contribution in [3.8, 4) is 28.6 Å². The molecule has 0 radical (unpaired) electrons. The second-order valence-corrected chi connectivity index (χ2v) is 13.9. The Bertz CT molecular complexity index is 2160. The maximum Gasteiger partial charge on any atom is 0.244 e. The highest BCUT2D eigenvalue weighted by atomic mass is 32.2. The van der Waals surface area contributed by atoms with Gasteiger partial charge in [-0.2, -0.15) is 9.10 Å². The molecule has 0 aliphatic rings. The van der Waals surface area contributed by atoms with Gasteiger partial charge in [-0.05, 0) is 100 Å². The molecule has 2 aromatic heterocycles. The minimum absolute atomic E-state index is 0.0621. The summed E-state index contributed by atoms with van der Waals surface area (Å²) in [5, 5.41) is 13.4. The van der Waals surface area contributed by atoms with Gasteiger partial charge in [0.2, 0.25) is 15.8 Å². The Hall–Kier alpha value is -5.79. The molecule has 13 heteroatoms. The maximum atomic E-state index is 15.0. The van der Waals surface area contributed by atoms with Crippen molar-refractivity contribution < 1.29 is 22.6 Å². The zero-order valence-electron chi connectivity index (χ0n) is 28.9. The van der Waals surface area contributed by atoms with Gasteiger partial charge in [-0.1, -0.05) is 48.5 Å². The molecule has 51 heavy (non-hydrogen) atoms. The van der Waals surface area contributed by atoms with Crippen LogP contribution in [0.2, 0.25) is 0 Å². The molecule has 262 valence electrons. The lowest BCUT2D eigenvalue weighted by Crippen LogP contribution is -2.31. The monoisotopic (exact) mass is 705 g/mol. The van der Waals surface area contributed by atoms with Crippen molar-refractivity contribution in [1.82, 2.24) is 29.5 Å². The Morgan fingerprint density at radius 1 is 0.745 bits per heavy atom. The number of benzene rings is 4. The van der Waals surface area contributed by atoms with Gasteiger partial charge in [-0.15, -0.1) is 10.2 Å². The molecule has 0 bridgehead atoms. The zero-order valence-corrected chi connectivity index (χ0v) is 29.7. The molecule has 2 heterocycles. The molecule has 0 atom stereocenters. The van der Waals surface area contributed by atoms with Crippen LogP contribution in [0, 0.1) is 6.92 Å². The van der Waals surface area contributed by atoms with Gasteiger partial charge in [0.1, 0.15) is 23.1 Å². The van der Waals surface area contributed by atoms with Crippen molar-refractivity contribution in [2.45, 2.75) is 37.9 Å². The number of methoxy groups -OCH3 is 3. The van der Waals surface area contributed by atoms with Crippen molar-refractivity contribution in [3.05, 3.63) is 137 Å². The van der Waals surface area contributed by atoms with Crippen molar-refractivity contribution >= 4 is 15.8 Å². The van der Waals surface area contributed by atoms with Crippen molar-refractivity contribution in [1.29, 1.82) is 0 Å². The zero-order chi connectivity index (χ0) is 36.0. The lowest BCUT2D eigenvalue weighted by atomic mass is 9.98. The smallest absolute Gasteiger partial charge is 0.244 e. The van der Waals surface area contributed by atoms with E-state index < -0.39 is 10.0 Å². The standard InChI is InChI=1S/C38H39N7O5S/c1-26-20-36(39)40-22-31(26)21-30-6-5-7-35(37(30)38-41-43-45(42-38)25-29-12-18-34(50-4)19-13-29)51(46,47)44(23-27-8-14-32(48-2)15-9-27)24-28-10-16-33(49-3)17-11-28/h5-20,22H,21,23-25H2,1-4H3,(H2,39,40). The molecule has 6 aromatic rings. The quantitative estimate of drug-likeness (QED) is 0.150. The number of aromatic nitrogens is 5. The third-order valence-electron chi connectivity index (χ3n) is 8.55. The summed E-state index contributed by atoms with van der Waals surface area (Å²) in [6, 6.07) is 29.2. The summed E-state index contributed by atoms with van der Waals surface area (Å²) in [5.74, 6) is 2.68. The van der Waals surface area contributed by atoms with Crippen molar-refractivity contribution in [3.63, 3.8) is 0 Å². The molecule has 0 amide bonds. The second-order valence-electron chi connectivity index (χ2n) is 12.0. The van der Waals surface area contributed by atoms with Crippen LogP contribution in [0.1, 0.15) is 33.4 Å². The molecular weight excluding hydrogens is 667 g/mol. The van der Waals surface area contributed by atoms with E-state index in [2.05, 4.69) is 15.3 Å². The van der Waals surface area contributed by atoms with E-state index in [0.717, 1.165) is 33.6 Å². The minimum Gasteiger partial charge on any atom is -0.497 e. The summed E-state index contributed by atoms with van der Waals surface area (Å²) >= 11 is 0. The summed E-state index contributed by atoms with van der Waals surface area (Å²) in [5.41, 5.74) is 11.3. The summed E-state index contributed by atoms with van der Waals surface area (Å²) in [6.07, 6.45) is 2.07. The Morgan fingerprint density at radius 2 is 1.29 bits per heavy atom. The summed E-state index contributed by atoms with van der Waals surface area (Å²) in [6.45, 7) is 2.47. The van der Waals surface area contributed by atoms with Gasteiger partial charge in [0, 0.05) is 24.8 Å². The molecule has 0 unspecified atom stereocenters. The molecule has 0 saturated heterocycles. The highest BCUT2D eigenvalue weighted by molar-refractivity contribution is 7.89. The molecule has 0 spiro atoms. The number of hydrogen-bond acceptors (Lipinski definition) is 10. The number of aryl methyl sites for hydroxylation is 1. The van der Waals surface area contributed by atoms with Crippen LogP contribution in [-0.4, -0.2) is 59.2 Å². The van der Waals surface area contributed by atoms with Gasteiger partial charge in [-0.3, -0.25) is 0 Å². The Balaban J connectivity index is 1.45. The van der Waals surface area contributed by atoms with Crippen LogP contribution in [0.15, 0.2) is 108 Å². The van der Waals surface area contributed by atoms with Crippen molar-refractivity contribution in [2.75, 3.05) is 27.1 Å².